The summed E-state index contributed by atoms with van der Waals surface area (Å²) in [7, 11) is 0. The Kier molecular flexibility index (Phi) is 5.75. The molecule has 4 rings (SSSR count). The number of carbonyl (C=O) groups excluding carboxylic acids is 1. The molecule has 10 heteroatoms. The number of amides is 2. The van der Waals surface area contributed by atoms with Gasteiger partial charge in [-0.3, -0.25) is 0 Å². The van der Waals surface area contributed by atoms with Crippen LogP contribution in [0.5, 0.6) is 11.6 Å². The van der Waals surface area contributed by atoms with Crippen molar-refractivity contribution in [1.82, 2.24) is 4.98 Å². The fraction of sp³-hybridized carbons (Fsp3) is 0.217. The Labute approximate surface area is 187 Å². The first-order valence-corrected chi connectivity index (χ1v) is 9.96. The lowest BCUT2D eigenvalue weighted by Crippen LogP contribution is -2.25. The van der Waals surface area contributed by atoms with E-state index in [1.165, 1.54) is 18.3 Å². The Morgan fingerprint density at radius 1 is 1.15 bits per heavy atom. The van der Waals surface area contributed by atoms with Crippen LogP contribution in [0.3, 0.4) is 0 Å². The number of aromatic nitrogens is 1. The highest BCUT2D eigenvalue weighted by Gasteiger charge is 2.37. The molecule has 2 amide bonds. The van der Waals surface area contributed by atoms with Gasteiger partial charge in [0.15, 0.2) is 0 Å². The number of ether oxygens (including phenoxy) is 3. The zero-order valence-electron chi connectivity index (χ0n) is 17.7. The summed E-state index contributed by atoms with van der Waals surface area (Å²) in [5, 5.41) is 5.18. The van der Waals surface area contributed by atoms with Crippen molar-refractivity contribution in [2.45, 2.75) is 32.2 Å². The summed E-state index contributed by atoms with van der Waals surface area (Å²) in [5.74, 6) is 0.355. The number of nitrogens with zero attached hydrogens (tertiary/aromatic N) is 1. The van der Waals surface area contributed by atoms with Crippen LogP contribution in [0.15, 0.2) is 77.9 Å². The number of carbonyl (C=O) groups is 1. The lowest BCUT2D eigenvalue weighted by atomic mass is 9.88. The molecule has 0 spiro atoms. The molecule has 0 radical (unpaired) electrons. The average molecular weight is 459 g/mol. The number of rotatable bonds is 5. The molecule has 0 bridgehead atoms. The summed E-state index contributed by atoms with van der Waals surface area (Å²) in [6.45, 7) is 3.87. The van der Waals surface area contributed by atoms with Gasteiger partial charge in [0.25, 0.3) is 0 Å². The molecule has 0 unspecified atom stereocenters. The van der Waals surface area contributed by atoms with E-state index in [1.54, 1.807) is 18.4 Å². The van der Waals surface area contributed by atoms with Crippen molar-refractivity contribution in [2.24, 2.45) is 0 Å². The average Bonchev–Trinajstić information content (AvgIpc) is 3.05. The second-order valence-corrected chi connectivity index (χ2v) is 7.73. The largest absolute Gasteiger partial charge is 0.573 e. The number of fused-ring (bicyclic) bond motifs is 1. The lowest BCUT2D eigenvalue weighted by molar-refractivity contribution is -0.274. The molecule has 1 aromatic carbocycles. The first-order valence-electron chi connectivity index (χ1n) is 9.96. The van der Waals surface area contributed by atoms with Gasteiger partial charge < -0.3 is 24.8 Å². The van der Waals surface area contributed by atoms with E-state index in [1.807, 2.05) is 26.0 Å². The van der Waals surface area contributed by atoms with Crippen LogP contribution in [0.2, 0.25) is 0 Å². The number of hydrogen-bond donors (Lipinski definition) is 2. The maximum absolute atomic E-state index is 12.5. The van der Waals surface area contributed by atoms with E-state index in [-0.39, 0.29) is 11.6 Å². The van der Waals surface area contributed by atoms with Crippen LogP contribution in [-0.4, -0.2) is 23.0 Å². The SMILES string of the molecule is CC1(C)OC=C2CC=CC(Oc3ncccc3NC(=O)Nc3ccc(OC(F)(F)F)cc3)=C21. The Balaban J connectivity index is 1.47. The number of anilines is 2. The Morgan fingerprint density at radius 3 is 2.64 bits per heavy atom. The number of benzene rings is 1. The summed E-state index contributed by atoms with van der Waals surface area (Å²) < 4.78 is 52.4. The molecule has 1 aromatic heterocycles. The smallest absolute Gasteiger partial charge is 0.490 e. The van der Waals surface area contributed by atoms with Gasteiger partial charge in [0.05, 0.1) is 6.26 Å². The summed E-state index contributed by atoms with van der Waals surface area (Å²) in [6, 6.07) is 7.40. The second-order valence-electron chi connectivity index (χ2n) is 7.73. The molecule has 1 aliphatic heterocycles. The van der Waals surface area contributed by atoms with Gasteiger partial charge in [-0.05, 0) is 62.7 Å². The molecule has 33 heavy (non-hydrogen) atoms. The van der Waals surface area contributed by atoms with E-state index >= 15 is 0 Å². The number of alkyl halides is 3. The van der Waals surface area contributed by atoms with Crippen molar-refractivity contribution in [3.05, 3.63) is 77.9 Å². The third-order valence-electron chi connectivity index (χ3n) is 4.84. The predicted octanol–water partition coefficient (Wildman–Crippen LogP) is 5.91. The minimum Gasteiger partial charge on any atom is -0.490 e. The van der Waals surface area contributed by atoms with Crippen LogP contribution < -0.4 is 20.1 Å². The molecular formula is C23H20F3N3O4. The summed E-state index contributed by atoms with van der Waals surface area (Å²) in [6.07, 6.45) is 2.98. The van der Waals surface area contributed by atoms with Gasteiger partial charge in [-0.2, -0.15) is 0 Å². The highest BCUT2D eigenvalue weighted by molar-refractivity contribution is 6.00. The molecule has 172 valence electrons. The van der Waals surface area contributed by atoms with Crippen LogP contribution in [-0.2, 0) is 4.74 Å². The van der Waals surface area contributed by atoms with E-state index < -0.39 is 23.7 Å². The van der Waals surface area contributed by atoms with E-state index in [0.29, 0.717) is 11.4 Å². The van der Waals surface area contributed by atoms with Crippen molar-refractivity contribution in [3.8, 4) is 11.6 Å². The molecule has 1 aliphatic carbocycles. The molecule has 2 aliphatic rings. The quantitative estimate of drug-likeness (QED) is 0.581. The molecule has 0 atom stereocenters. The van der Waals surface area contributed by atoms with E-state index in [9.17, 15) is 18.0 Å². The second kappa shape index (κ2) is 8.53. The van der Waals surface area contributed by atoms with Gasteiger partial charge >= 0.3 is 12.4 Å². The topological polar surface area (TPSA) is 81.7 Å². The van der Waals surface area contributed by atoms with Crippen molar-refractivity contribution < 1.29 is 32.2 Å². The van der Waals surface area contributed by atoms with E-state index in [4.69, 9.17) is 9.47 Å². The van der Waals surface area contributed by atoms with Gasteiger partial charge in [0.2, 0.25) is 5.88 Å². The Bertz CT molecular complexity index is 1150. The number of halogens is 3. The van der Waals surface area contributed by atoms with Gasteiger partial charge in [-0.15, -0.1) is 13.2 Å². The van der Waals surface area contributed by atoms with Crippen LogP contribution >= 0.6 is 0 Å². The molecule has 2 N–H and O–H groups in total. The highest BCUT2D eigenvalue weighted by Crippen LogP contribution is 2.41. The molecular weight excluding hydrogens is 439 g/mol. The Morgan fingerprint density at radius 2 is 1.91 bits per heavy atom. The van der Waals surface area contributed by atoms with Gasteiger partial charge in [0.1, 0.15) is 22.8 Å². The first-order chi connectivity index (χ1) is 15.6. The molecule has 0 fully saturated rings. The van der Waals surface area contributed by atoms with Gasteiger partial charge in [-0.25, -0.2) is 9.78 Å². The number of allylic oxidation sites excluding steroid dienone is 2. The monoisotopic (exact) mass is 459 g/mol. The van der Waals surface area contributed by atoms with Gasteiger partial charge in [-0.1, -0.05) is 6.08 Å². The molecule has 0 saturated heterocycles. The van der Waals surface area contributed by atoms with Crippen LogP contribution in [0.1, 0.15) is 20.3 Å². The maximum atomic E-state index is 12.5. The van der Waals surface area contributed by atoms with Gasteiger partial charge in [0, 0.05) is 23.0 Å². The zero-order chi connectivity index (χ0) is 23.6. The summed E-state index contributed by atoms with van der Waals surface area (Å²) >= 11 is 0. The minimum atomic E-state index is -4.79. The third kappa shape index (κ3) is 5.28. The van der Waals surface area contributed by atoms with Crippen LogP contribution in [0.25, 0.3) is 0 Å². The number of urea groups is 1. The maximum Gasteiger partial charge on any atom is 0.573 e. The highest BCUT2D eigenvalue weighted by atomic mass is 19.4. The molecule has 7 nitrogen and oxygen atoms in total. The first kappa shape index (κ1) is 22.3. The Hall–Kier alpha value is -3.95. The van der Waals surface area contributed by atoms with Crippen molar-refractivity contribution in [3.63, 3.8) is 0 Å². The predicted molar refractivity (Wildman–Crippen MR) is 115 cm³/mol. The van der Waals surface area contributed by atoms with Crippen LogP contribution in [0, 0.1) is 0 Å². The molecule has 2 aromatic rings. The van der Waals surface area contributed by atoms with E-state index in [0.717, 1.165) is 29.7 Å². The number of pyridine rings is 1. The van der Waals surface area contributed by atoms with Crippen LogP contribution in [0.4, 0.5) is 29.3 Å². The number of nitrogens with one attached hydrogen (secondary N) is 2. The van der Waals surface area contributed by atoms with Crippen molar-refractivity contribution in [2.75, 3.05) is 10.6 Å². The van der Waals surface area contributed by atoms with Crippen molar-refractivity contribution >= 4 is 17.4 Å². The summed E-state index contributed by atoms with van der Waals surface area (Å²) in [4.78, 5) is 16.7. The molecule has 0 saturated carbocycles. The fourth-order valence-electron chi connectivity index (χ4n) is 3.49. The molecule has 2 heterocycles. The number of hydrogen-bond acceptors (Lipinski definition) is 5. The fourth-order valence-corrected chi connectivity index (χ4v) is 3.49. The standard InChI is InChI=1S/C23H20F3N3O4/c1-22(2)19-14(13-31-22)5-3-7-18(19)32-20-17(6-4-12-27-20)29-21(30)28-15-8-10-16(11-9-15)33-23(24,25)26/h3-4,6-13H,5H2,1-2H3,(H2,28,29,30). The normalized spacial score (nSPS) is 16.5. The zero-order valence-corrected chi connectivity index (χ0v) is 17.7. The third-order valence-corrected chi connectivity index (χ3v) is 4.84. The minimum absolute atomic E-state index is 0.178. The van der Waals surface area contributed by atoms with Crippen molar-refractivity contribution in [1.29, 1.82) is 0 Å². The summed E-state index contributed by atoms with van der Waals surface area (Å²) in [5.41, 5.74) is 1.94. The van der Waals surface area contributed by atoms with E-state index in [2.05, 4.69) is 20.4 Å². The lowest BCUT2D eigenvalue weighted by Gasteiger charge is -2.25.